The van der Waals surface area contributed by atoms with Crippen LogP contribution in [0.5, 0.6) is 0 Å². The van der Waals surface area contributed by atoms with Crippen LogP contribution in [0.1, 0.15) is 12.8 Å². The van der Waals surface area contributed by atoms with Gasteiger partial charge in [0.05, 0.1) is 12.0 Å². The van der Waals surface area contributed by atoms with E-state index in [4.69, 9.17) is 11.0 Å². The van der Waals surface area contributed by atoms with Gasteiger partial charge in [-0.1, -0.05) is 0 Å². The maximum absolute atomic E-state index is 9.02. The van der Waals surface area contributed by atoms with Gasteiger partial charge in [-0.05, 0) is 18.5 Å². The first-order valence-electron chi connectivity index (χ1n) is 5.84. The van der Waals surface area contributed by atoms with Crippen molar-refractivity contribution >= 4 is 22.8 Å². The Balaban J connectivity index is 0.00000133. The Kier molecular flexibility index (Phi) is 3.99. The van der Waals surface area contributed by atoms with E-state index in [2.05, 4.69) is 31.1 Å². The number of nitriles is 1. The minimum Gasteiger partial charge on any atom is -0.403 e. The van der Waals surface area contributed by atoms with Crippen molar-refractivity contribution in [3.05, 3.63) is 6.20 Å². The molecule has 1 fully saturated rings. The number of piperidine rings is 1. The normalized spacial score (nSPS) is 18.9. The number of nitrogens with zero attached hydrogens (tertiary/aromatic N) is 6. The Bertz CT molecular complexity index is 617. The van der Waals surface area contributed by atoms with Crippen molar-refractivity contribution in [3.63, 3.8) is 0 Å². The van der Waals surface area contributed by atoms with Gasteiger partial charge in [0.25, 0.3) is 0 Å². The van der Waals surface area contributed by atoms with Gasteiger partial charge >= 0.3 is 0 Å². The molecular formula is C11H12N7Re-. The first-order valence-corrected chi connectivity index (χ1v) is 5.84. The second-order valence-corrected chi connectivity index (χ2v) is 4.40. The van der Waals surface area contributed by atoms with Crippen molar-refractivity contribution in [1.29, 1.82) is 5.26 Å². The van der Waals surface area contributed by atoms with Gasteiger partial charge < -0.3 is 20.7 Å². The Morgan fingerprint density at radius 1 is 1.47 bits per heavy atom. The maximum atomic E-state index is 9.02. The average molecular weight is 428 g/mol. The smallest absolute Gasteiger partial charge is 0.139 e. The molecule has 0 spiro atoms. The van der Waals surface area contributed by atoms with Crippen LogP contribution in [0.25, 0.3) is 11.0 Å². The van der Waals surface area contributed by atoms with Crippen molar-refractivity contribution in [2.45, 2.75) is 12.8 Å². The molecule has 0 aliphatic carbocycles. The van der Waals surface area contributed by atoms with Crippen molar-refractivity contribution < 1.29 is 20.4 Å². The molecule has 19 heavy (non-hydrogen) atoms. The molecule has 1 aliphatic rings. The van der Waals surface area contributed by atoms with Crippen molar-refractivity contribution in [3.8, 4) is 6.07 Å². The first kappa shape index (κ1) is 13.7. The average Bonchev–Trinajstić information content (AvgIpc) is 2.85. The van der Waals surface area contributed by atoms with Crippen LogP contribution in [0.4, 0.5) is 11.8 Å². The molecule has 2 aromatic heterocycles. The number of rotatable bonds is 1. The van der Waals surface area contributed by atoms with E-state index in [-0.39, 0.29) is 32.3 Å². The standard InChI is InChI=1S/C11H12N7.Re/c12-4-7-2-1-3-18(6-7)10-8-5-14-17-9(8)15-11(13)16-10;/h5,7H,1-3,6H2,(H2-,13,14,15,16,17);/q-1;. The van der Waals surface area contributed by atoms with E-state index in [1.165, 1.54) is 0 Å². The molecule has 8 heteroatoms. The Morgan fingerprint density at radius 3 is 3.11 bits per heavy atom. The summed E-state index contributed by atoms with van der Waals surface area (Å²) in [5.41, 5.74) is 6.19. The van der Waals surface area contributed by atoms with E-state index < -0.39 is 0 Å². The molecule has 99 valence electrons. The van der Waals surface area contributed by atoms with Crippen LogP contribution in [0.2, 0.25) is 0 Å². The quantitative estimate of drug-likeness (QED) is 0.696. The zero-order valence-electron chi connectivity index (χ0n) is 10.1. The molecular weight excluding hydrogens is 416 g/mol. The Hall–Kier alpha value is -1.70. The summed E-state index contributed by atoms with van der Waals surface area (Å²) >= 11 is 0. The van der Waals surface area contributed by atoms with Crippen LogP contribution >= 0.6 is 0 Å². The monoisotopic (exact) mass is 429 g/mol. The van der Waals surface area contributed by atoms with Gasteiger partial charge in [-0.3, -0.25) is 5.10 Å². The van der Waals surface area contributed by atoms with Gasteiger partial charge in [-0.15, -0.1) is 0 Å². The summed E-state index contributed by atoms with van der Waals surface area (Å²) in [5, 5.41) is 17.6. The number of nitrogen functional groups attached to an aromatic ring is 1. The Labute approximate surface area is 123 Å². The fraction of sp³-hybridized carbons (Fsp3) is 0.455. The van der Waals surface area contributed by atoms with E-state index in [1.54, 1.807) is 6.20 Å². The summed E-state index contributed by atoms with van der Waals surface area (Å²) in [5.74, 6) is 0.973. The van der Waals surface area contributed by atoms with Crippen LogP contribution in [0.15, 0.2) is 6.20 Å². The maximum Gasteiger partial charge on any atom is 0.139 e. The molecule has 2 N–H and O–H groups in total. The van der Waals surface area contributed by atoms with Crippen molar-refractivity contribution in [2.24, 2.45) is 5.92 Å². The molecule has 2 aromatic rings. The fourth-order valence-electron chi connectivity index (χ4n) is 2.31. The van der Waals surface area contributed by atoms with Gasteiger partial charge in [0.2, 0.25) is 0 Å². The molecule has 1 saturated heterocycles. The zero-order valence-corrected chi connectivity index (χ0v) is 12.8. The SMILES string of the molecule is N#CC1CCCN(c2nc(N)nc3[n-]ncc23)C1.[Re]. The molecule has 3 rings (SSSR count). The fourth-order valence-corrected chi connectivity index (χ4v) is 2.31. The predicted molar refractivity (Wildman–Crippen MR) is 65.6 cm³/mol. The van der Waals surface area contributed by atoms with Crippen LogP contribution in [-0.2, 0) is 20.4 Å². The first-order chi connectivity index (χ1) is 8.78. The van der Waals surface area contributed by atoms with E-state index in [9.17, 15) is 0 Å². The van der Waals surface area contributed by atoms with Gasteiger partial charge in [0.15, 0.2) is 0 Å². The molecule has 1 unspecified atom stereocenters. The molecule has 1 atom stereocenters. The summed E-state index contributed by atoms with van der Waals surface area (Å²) in [7, 11) is 0. The number of fused-ring (bicyclic) bond motifs is 1. The third-order valence-electron chi connectivity index (χ3n) is 3.17. The molecule has 1 radical (unpaired) electrons. The van der Waals surface area contributed by atoms with E-state index >= 15 is 0 Å². The van der Waals surface area contributed by atoms with Gasteiger partial charge in [0, 0.05) is 45.1 Å². The van der Waals surface area contributed by atoms with Crippen LogP contribution in [0.3, 0.4) is 0 Å². The Morgan fingerprint density at radius 2 is 2.32 bits per heavy atom. The second kappa shape index (κ2) is 5.52. The number of aromatic nitrogens is 4. The molecule has 7 nitrogen and oxygen atoms in total. The zero-order chi connectivity index (χ0) is 12.5. The van der Waals surface area contributed by atoms with E-state index in [0.29, 0.717) is 12.2 Å². The number of nitrogens with two attached hydrogens (primary N) is 1. The van der Waals surface area contributed by atoms with Crippen LogP contribution in [0, 0.1) is 17.2 Å². The van der Waals surface area contributed by atoms with Crippen molar-refractivity contribution in [1.82, 2.24) is 20.2 Å². The van der Waals surface area contributed by atoms with Crippen LogP contribution < -0.4 is 15.7 Å². The number of anilines is 2. The van der Waals surface area contributed by atoms with Gasteiger partial charge in [0.1, 0.15) is 11.8 Å². The van der Waals surface area contributed by atoms with E-state index in [0.717, 1.165) is 30.6 Å². The van der Waals surface area contributed by atoms with Gasteiger partial charge in [-0.2, -0.15) is 5.26 Å². The largest absolute Gasteiger partial charge is 0.403 e. The summed E-state index contributed by atoms with van der Waals surface area (Å²) in [6.45, 7) is 1.54. The third kappa shape index (κ3) is 2.53. The topological polar surface area (TPSA) is 106 Å². The predicted octanol–water partition coefficient (Wildman–Crippen LogP) is 0.302. The minimum atomic E-state index is 0. The second-order valence-electron chi connectivity index (χ2n) is 4.40. The summed E-state index contributed by atoms with van der Waals surface area (Å²) in [6, 6.07) is 2.31. The molecule has 0 aromatic carbocycles. The molecule has 3 heterocycles. The van der Waals surface area contributed by atoms with Gasteiger partial charge in [-0.25, -0.2) is 4.98 Å². The summed E-state index contributed by atoms with van der Waals surface area (Å²) in [6.07, 6.45) is 3.56. The van der Waals surface area contributed by atoms with Crippen LogP contribution in [-0.4, -0.2) is 28.2 Å². The molecule has 0 bridgehead atoms. The summed E-state index contributed by atoms with van der Waals surface area (Å²) in [4.78, 5) is 10.4. The molecule has 0 saturated carbocycles. The minimum absolute atomic E-state index is 0. The summed E-state index contributed by atoms with van der Waals surface area (Å²) < 4.78 is 0. The number of hydrogen-bond acceptors (Lipinski definition) is 6. The third-order valence-corrected chi connectivity index (χ3v) is 3.17. The molecule has 1 aliphatic heterocycles. The number of hydrogen-bond donors (Lipinski definition) is 1. The molecule has 0 amide bonds. The van der Waals surface area contributed by atoms with Crippen molar-refractivity contribution in [2.75, 3.05) is 23.7 Å². The van der Waals surface area contributed by atoms with E-state index in [1.807, 2.05) is 0 Å².